The van der Waals surface area contributed by atoms with Crippen molar-refractivity contribution in [1.82, 2.24) is 9.62 Å². The van der Waals surface area contributed by atoms with Crippen LogP contribution in [0.15, 0.2) is 52.4 Å². The summed E-state index contributed by atoms with van der Waals surface area (Å²) in [6.45, 7) is 4.08. The zero-order valence-electron chi connectivity index (χ0n) is 15.3. The molecule has 0 aliphatic carbocycles. The molecule has 6 nitrogen and oxygen atoms in total. The zero-order valence-corrected chi connectivity index (χ0v) is 16.1. The molecule has 4 aliphatic rings. The second kappa shape index (κ2) is 6.56. The molecule has 3 saturated heterocycles. The minimum absolute atomic E-state index is 0.0135. The van der Waals surface area contributed by atoms with Gasteiger partial charge in [-0.25, -0.2) is 17.8 Å². The van der Waals surface area contributed by atoms with Crippen LogP contribution in [-0.2, 0) is 10.0 Å². The van der Waals surface area contributed by atoms with Gasteiger partial charge in [0.15, 0.2) is 5.84 Å². The summed E-state index contributed by atoms with van der Waals surface area (Å²) in [7, 11) is -3.82. The van der Waals surface area contributed by atoms with Crippen LogP contribution in [0.25, 0.3) is 0 Å². The summed E-state index contributed by atoms with van der Waals surface area (Å²) in [6, 6.07) is 11.8. The lowest BCUT2D eigenvalue weighted by Crippen LogP contribution is -2.38. The standard InChI is InChI=1S/C20H21FN4O2S/c21-17-4-2-1-3-16(17)20-22-18-6-5-15(13-19(18)28(26,27)23-20)25-12-11-24-9-7-14(25)8-10-24/h1-6,13-14H,7-12H2,(H,22,23). The highest BCUT2D eigenvalue weighted by Crippen LogP contribution is 2.35. The van der Waals surface area contributed by atoms with Crippen molar-refractivity contribution < 1.29 is 12.8 Å². The van der Waals surface area contributed by atoms with Gasteiger partial charge >= 0.3 is 0 Å². The molecule has 6 rings (SSSR count). The summed E-state index contributed by atoms with van der Waals surface area (Å²) in [4.78, 5) is 9.30. The molecule has 1 N–H and O–H groups in total. The lowest BCUT2D eigenvalue weighted by Gasteiger charge is -2.33. The number of piperidine rings is 1. The van der Waals surface area contributed by atoms with E-state index in [1.54, 1.807) is 24.3 Å². The molecule has 0 aromatic heterocycles. The van der Waals surface area contributed by atoms with Crippen LogP contribution in [0.4, 0.5) is 15.8 Å². The summed E-state index contributed by atoms with van der Waals surface area (Å²) in [5.74, 6) is -0.501. The van der Waals surface area contributed by atoms with Gasteiger partial charge in [-0.1, -0.05) is 12.1 Å². The third-order valence-electron chi connectivity index (χ3n) is 5.81. The van der Waals surface area contributed by atoms with E-state index in [1.165, 1.54) is 12.1 Å². The van der Waals surface area contributed by atoms with Gasteiger partial charge in [0.2, 0.25) is 0 Å². The Balaban J connectivity index is 1.55. The van der Waals surface area contributed by atoms with Gasteiger partial charge in [-0.05, 0) is 43.2 Å². The molecule has 0 radical (unpaired) electrons. The van der Waals surface area contributed by atoms with Crippen molar-refractivity contribution in [2.45, 2.75) is 23.8 Å². The van der Waals surface area contributed by atoms with Crippen molar-refractivity contribution in [2.75, 3.05) is 31.1 Å². The number of sulfonamides is 1. The highest BCUT2D eigenvalue weighted by molar-refractivity contribution is 7.90. The minimum Gasteiger partial charge on any atom is -0.367 e. The van der Waals surface area contributed by atoms with Gasteiger partial charge in [0.05, 0.1) is 11.3 Å². The average molecular weight is 400 g/mol. The topological polar surface area (TPSA) is 65.0 Å². The molecule has 2 bridgehead atoms. The lowest BCUT2D eigenvalue weighted by atomic mass is 10.0. The van der Waals surface area contributed by atoms with Gasteiger partial charge < -0.3 is 9.80 Å². The van der Waals surface area contributed by atoms with E-state index in [-0.39, 0.29) is 16.3 Å². The van der Waals surface area contributed by atoms with Gasteiger partial charge in [0.1, 0.15) is 10.7 Å². The maximum atomic E-state index is 14.1. The molecule has 0 saturated carbocycles. The van der Waals surface area contributed by atoms with Gasteiger partial charge in [-0.2, -0.15) is 0 Å². The molecule has 0 unspecified atom stereocenters. The Hall–Kier alpha value is -2.45. The largest absolute Gasteiger partial charge is 0.367 e. The normalized spacial score (nSPS) is 25.5. The Morgan fingerprint density at radius 1 is 1.04 bits per heavy atom. The van der Waals surface area contributed by atoms with E-state index >= 15 is 0 Å². The molecule has 0 spiro atoms. The first-order chi connectivity index (χ1) is 13.5. The van der Waals surface area contributed by atoms with Crippen LogP contribution in [-0.4, -0.2) is 51.4 Å². The highest BCUT2D eigenvalue weighted by Gasteiger charge is 2.32. The minimum atomic E-state index is -3.82. The van der Waals surface area contributed by atoms with Gasteiger partial charge in [-0.15, -0.1) is 0 Å². The van der Waals surface area contributed by atoms with Gasteiger partial charge in [0.25, 0.3) is 10.0 Å². The van der Waals surface area contributed by atoms with E-state index in [1.807, 2.05) is 6.07 Å². The summed E-state index contributed by atoms with van der Waals surface area (Å²) in [5, 5.41) is 0. The molecule has 2 aromatic carbocycles. The number of benzene rings is 2. The predicted molar refractivity (Wildman–Crippen MR) is 106 cm³/mol. The van der Waals surface area contributed by atoms with E-state index in [4.69, 9.17) is 0 Å². The average Bonchev–Trinajstić information content (AvgIpc) is 3.01. The quantitative estimate of drug-likeness (QED) is 0.841. The van der Waals surface area contributed by atoms with Crippen LogP contribution in [0.1, 0.15) is 18.4 Å². The van der Waals surface area contributed by atoms with E-state index in [2.05, 4.69) is 19.5 Å². The molecular formula is C20H21FN4O2S. The molecule has 0 atom stereocenters. The Labute approximate surface area is 163 Å². The smallest absolute Gasteiger partial charge is 0.265 e. The van der Waals surface area contributed by atoms with Crippen molar-refractivity contribution in [2.24, 2.45) is 4.99 Å². The fourth-order valence-electron chi connectivity index (χ4n) is 4.31. The van der Waals surface area contributed by atoms with Gasteiger partial charge in [0, 0.05) is 37.9 Å². The second-order valence-electron chi connectivity index (χ2n) is 7.46. The summed E-state index contributed by atoms with van der Waals surface area (Å²) in [5.41, 5.74) is 1.38. The Bertz CT molecular complexity index is 1060. The van der Waals surface area contributed by atoms with Crippen LogP contribution in [0.2, 0.25) is 0 Å². The number of hydrogen-bond acceptors (Lipinski definition) is 5. The number of nitrogens with one attached hydrogen (secondary N) is 1. The first kappa shape index (κ1) is 17.6. The van der Waals surface area contributed by atoms with E-state index in [9.17, 15) is 12.8 Å². The fraction of sp³-hybridized carbons (Fsp3) is 0.350. The number of aliphatic imine (C=N–C) groups is 1. The number of nitrogens with zero attached hydrogens (tertiary/aromatic N) is 3. The maximum Gasteiger partial charge on any atom is 0.265 e. The van der Waals surface area contributed by atoms with Gasteiger partial charge in [-0.3, -0.25) is 4.72 Å². The highest BCUT2D eigenvalue weighted by atomic mass is 32.2. The van der Waals surface area contributed by atoms with E-state index in [0.717, 1.165) is 44.7 Å². The third kappa shape index (κ3) is 2.97. The number of hydrogen-bond donors (Lipinski definition) is 1. The monoisotopic (exact) mass is 400 g/mol. The molecule has 28 heavy (non-hydrogen) atoms. The molecule has 4 aliphatic heterocycles. The van der Waals surface area contributed by atoms with Crippen molar-refractivity contribution in [1.29, 1.82) is 0 Å². The zero-order chi connectivity index (χ0) is 19.3. The number of amidine groups is 1. The third-order valence-corrected chi connectivity index (χ3v) is 7.18. The Morgan fingerprint density at radius 3 is 2.61 bits per heavy atom. The fourth-order valence-corrected chi connectivity index (χ4v) is 5.49. The molecule has 146 valence electrons. The number of halogens is 1. The van der Waals surface area contributed by atoms with Crippen molar-refractivity contribution in [3.63, 3.8) is 0 Å². The molecule has 0 amide bonds. The Morgan fingerprint density at radius 2 is 1.82 bits per heavy atom. The van der Waals surface area contributed by atoms with Crippen LogP contribution >= 0.6 is 0 Å². The van der Waals surface area contributed by atoms with Crippen molar-refractivity contribution >= 4 is 27.2 Å². The molecular weight excluding hydrogens is 379 g/mol. The van der Waals surface area contributed by atoms with Crippen LogP contribution < -0.4 is 9.62 Å². The van der Waals surface area contributed by atoms with E-state index in [0.29, 0.717) is 11.7 Å². The van der Waals surface area contributed by atoms with Crippen LogP contribution in [0.5, 0.6) is 0 Å². The van der Waals surface area contributed by atoms with Crippen molar-refractivity contribution in [3.8, 4) is 0 Å². The number of anilines is 1. The molecule has 8 heteroatoms. The summed E-state index contributed by atoms with van der Waals surface area (Å²) in [6.07, 6.45) is 2.19. The first-order valence-corrected chi connectivity index (χ1v) is 11.0. The second-order valence-corrected chi connectivity index (χ2v) is 9.11. The predicted octanol–water partition coefficient (Wildman–Crippen LogP) is 2.48. The van der Waals surface area contributed by atoms with Crippen molar-refractivity contribution in [3.05, 3.63) is 53.8 Å². The molecule has 4 heterocycles. The SMILES string of the molecule is O=S1(=O)NC(c2ccccc2F)=Nc2ccc(N3CCN4CCC3CC4)cc21. The summed E-state index contributed by atoms with van der Waals surface area (Å²) >= 11 is 0. The first-order valence-electron chi connectivity index (χ1n) is 9.51. The number of rotatable bonds is 2. The maximum absolute atomic E-state index is 14.1. The van der Waals surface area contributed by atoms with Crippen LogP contribution in [0.3, 0.4) is 0 Å². The Kier molecular flexibility index (Phi) is 4.13. The molecule has 2 aromatic rings. The number of fused-ring (bicyclic) bond motifs is 5. The lowest BCUT2D eigenvalue weighted by molar-refractivity contribution is 0.250. The van der Waals surface area contributed by atoms with E-state index < -0.39 is 15.8 Å². The molecule has 3 fully saturated rings. The summed E-state index contributed by atoms with van der Waals surface area (Å²) < 4.78 is 42.3. The van der Waals surface area contributed by atoms with Crippen LogP contribution in [0, 0.1) is 5.82 Å².